The Morgan fingerprint density at radius 1 is 0.926 bits per heavy atom. The summed E-state index contributed by atoms with van der Waals surface area (Å²) in [4.78, 5) is 0. The maximum absolute atomic E-state index is 10.9. The summed E-state index contributed by atoms with van der Waals surface area (Å²) in [5.74, 6) is 0.154. The third-order valence-electron chi connectivity index (χ3n) is 4.55. The fourth-order valence-corrected chi connectivity index (χ4v) is 3.83. The van der Waals surface area contributed by atoms with E-state index in [1.165, 1.54) is 56.1 Å². The summed E-state index contributed by atoms with van der Waals surface area (Å²) in [6.07, 6.45) is 11.3. The Hall–Kier alpha value is -0.0700. The van der Waals surface area contributed by atoms with E-state index in [4.69, 9.17) is 4.74 Å². The van der Waals surface area contributed by atoms with Crippen LogP contribution in [0.1, 0.15) is 83.3 Å². The average molecular weight is 407 g/mol. The molecule has 0 heterocycles. The first kappa shape index (κ1) is 26.9. The Bertz CT molecular complexity index is 617. The van der Waals surface area contributed by atoms with Crippen molar-refractivity contribution < 1.29 is 47.3 Å². The van der Waals surface area contributed by atoms with Gasteiger partial charge in [0.1, 0.15) is 11.9 Å². The molecule has 1 aromatic rings. The van der Waals surface area contributed by atoms with Gasteiger partial charge in [0.15, 0.2) is 0 Å². The van der Waals surface area contributed by atoms with Crippen LogP contribution in [0.25, 0.3) is 0 Å². The van der Waals surface area contributed by atoms with Gasteiger partial charge in [-0.05, 0) is 55.9 Å². The fraction of sp³-hybridized carbons (Fsp3) is 0.714. The van der Waals surface area contributed by atoms with Crippen LogP contribution in [0.2, 0.25) is 0 Å². The van der Waals surface area contributed by atoms with E-state index in [0.717, 1.165) is 19.3 Å². The Kier molecular flexibility index (Phi) is 14.8. The van der Waals surface area contributed by atoms with Crippen LogP contribution in [0.5, 0.6) is 5.75 Å². The topological polar surface area (TPSA) is 66.4 Å². The maximum Gasteiger partial charge on any atom is 1.00 e. The zero-order valence-corrected chi connectivity index (χ0v) is 20.4. The minimum absolute atomic E-state index is 0. The van der Waals surface area contributed by atoms with Crippen molar-refractivity contribution in [2.75, 3.05) is 5.75 Å². The largest absolute Gasteiger partial charge is 1.00 e. The Balaban J connectivity index is 0.00000676. The molecule has 0 aliphatic carbocycles. The summed E-state index contributed by atoms with van der Waals surface area (Å²) in [6.45, 7) is 6.04. The van der Waals surface area contributed by atoms with Gasteiger partial charge in [-0.15, -0.1) is 0 Å². The molecular formula is C21H35NaO4S. The van der Waals surface area contributed by atoms with Crippen molar-refractivity contribution in [3.05, 3.63) is 29.3 Å². The van der Waals surface area contributed by atoms with E-state index < -0.39 is 22.0 Å². The minimum atomic E-state index is -4.27. The smallest absolute Gasteiger partial charge is 0.748 e. The summed E-state index contributed by atoms with van der Waals surface area (Å²) in [6, 6.07) is 6.04. The van der Waals surface area contributed by atoms with Gasteiger partial charge in [0.25, 0.3) is 0 Å². The summed E-state index contributed by atoms with van der Waals surface area (Å²) >= 11 is 0. The molecule has 27 heavy (non-hydrogen) atoms. The van der Waals surface area contributed by atoms with Crippen molar-refractivity contribution in [3.8, 4) is 5.75 Å². The van der Waals surface area contributed by atoms with Crippen LogP contribution in [0.3, 0.4) is 0 Å². The van der Waals surface area contributed by atoms with Gasteiger partial charge >= 0.3 is 29.6 Å². The third kappa shape index (κ3) is 12.9. The van der Waals surface area contributed by atoms with E-state index >= 15 is 0 Å². The van der Waals surface area contributed by atoms with Crippen LogP contribution in [0, 0.1) is 0 Å². The zero-order chi connectivity index (χ0) is 19.4. The van der Waals surface area contributed by atoms with E-state index in [0.29, 0.717) is 5.75 Å². The summed E-state index contributed by atoms with van der Waals surface area (Å²) < 4.78 is 38.4. The number of hydrogen-bond donors (Lipinski definition) is 0. The second kappa shape index (κ2) is 14.9. The SMILES string of the molecule is CCCCCCc1ccc(OC(C)CS(=O)(=O)[O-])cc1CCCCCC.[Na+]. The number of rotatable bonds is 14. The molecule has 0 radical (unpaired) electrons. The van der Waals surface area contributed by atoms with Crippen LogP contribution in [-0.2, 0) is 23.0 Å². The molecule has 0 aliphatic heterocycles. The minimum Gasteiger partial charge on any atom is -0.748 e. The number of benzene rings is 1. The van der Waals surface area contributed by atoms with Crippen molar-refractivity contribution in [1.82, 2.24) is 0 Å². The number of ether oxygens (including phenoxy) is 1. The maximum atomic E-state index is 10.9. The predicted octanol–water partition coefficient (Wildman–Crippen LogP) is 2.25. The molecule has 1 rings (SSSR count). The van der Waals surface area contributed by atoms with Crippen molar-refractivity contribution >= 4 is 10.1 Å². The van der Waals surface area contributed by atoms with Crippen LogP contribution < -0.4 is 34.3 Å². The molecule has 0 fully saturated rings. The van der Waals surface area contributed by atoms with Crippen molar-refractivity contribution in [2.45, 2.75) is 91.1 Å². The van der Waals surface area contributed by atoms with Gasteiger partial charge in [0.05, 0.1) is 15.9 Å². The van der Waals surface area contributed by atoms with Crippen molar-refractivity contribution in [2.24, 2.45) is 0 Å². The normalized spacial score (nSPS) is 12.4. The standard InChI is InChI=1S/C21H36O4S.Na/c1-4-6-8-10-12-19-14-15-21(25-18(3)17-26(22,23)24)16-20(19)13-11-9-7-5-2;/h14-16,18H,4-13,17H2,1-3H3,(H,22,23,24);/q;+1/p-1. The molecule has 0 aliphatic rings. The third-order valence-corrected chi connectivity index (χ3v) is 5.43. The molecule has 0 amide bonds. The Labute approximate surface area is 188 Å². The number of aryl methyl sites for hydroxylation is 2. The van der Waals surface area contributed by atoms with Crippen LogP contribution >= 0.6 is 0 Å². The van der Waals surface area contributed by atoms with Gasteiger partial charge in [-0.1, -0.05) is 58.4 Å². The molecule has 0 spiro atoms. The molecule has 0 aromatic heterocycles. The zero-order valence-electron chi connectivity index (χ0n) is 17.6. The second-order valence-electron chi connectivity index (χ2n) is 7.20. The molecule has 1 unspecified atom stereocenters. The van der Waals surface area contributed by atoms with Gasteiger partial charge in [0.2, 0.25) is 0 Å². The monoisotopic (exact) mass is 406 g/mol. The first-order valence-corrected chi connectivity index (χ1v) is 11.7. The van der Waals surface area contributed by atoms with Gasteiger partial charge in [0, 0.05) is 0 Å². The summed E-state index contributed by atoms with van der Waals surface area (Å²) in [7, 11) is -4.27. The molecule has 1 aromatic carbocycles. The molecule has 4 nitrogen and oxygen atoms in total. The van der Waals surface area contributed by atoms with E-state index in [9.17, 15) is 13.0 Å². The predicted molar refractivity (Wildman–Crippen MR) is 107 cm³/mol. The fourth-order valence-electron chi connectivity index (χ4n) is 3.19. The molecular weight excluding hydrogens is 371 g/mol. The first-order valence-electron chi connectivity index (χ1n) is 10.1. The number of unbranched alkanes of at least 4 members (excludes halogenated alkanes) is 6. The molecule has 0 N–H and O–H groups in total. The van der Waals surface area contributed by atoms with Gasteiger partial charge in [-0.25, -0.2) is 8.42 Å². The molecule has 0 saturated carbocycles. The van der Waals surface area contributed by atoms with E-state index in [-0.39, 0.29) is 29.6 Å². The molecule has 150 valence electrons. The quantitative estimate of drug-likeness (QED) is 0.270. The Morgan fingerprint density at radius 2 is 1.48 bits per heavy atom. The Morgan fingerprint density at radius 3 is 2.00 bits per heavy atom. The van der Waals surface area contributed by atoms with Crippen molar-refractivity contribution in [1.29, 1.82) is 0 Å². The summed E-state index contributed by atoms with van der Waals surface area (Å²) in [5.41, 5.74) is 2.67. The second-order valence-corrected chi connectivity index (χ2v) is 8.65. The molecule has 0 bridgehead atoms. The molecule has 6 heteroatoms. The van der Waals surface area contributed by atoms with Crippen molar-refractivity contribution in [3.63, 3.8) is 0 Å². The van der Waals surface area contributed by atoms with E-state index in [1.807, 2.05) is 12.1 Å². The molecule has 1 atom stereocenters. The van der Waals surface area contributed by atoms with E-state index in [1.54, 1.807) is 6.92 Å². The average Bonchev–Trinajstić information content (AvgIpc) is 2.55. The van der Waals surface area contributed by atoms with Crippen LogP contribution in [0.4, 0.5) is 0 Å². The molecule has 0 saturated heterocycles. The van der Waals surface area contributed by atoms with Crippen LogP contribution in [0.15, 0.2) is 18.2 Å². The van der Waals surface area contributed by atoms with Gasteiger partial charge in [-0.3, -0.25) is 0 Å². The number of hydrogen-bond acceptors (Lipinski definition) is 4. The van der Waals surface area contributed by atoms with E-state index in [2.05, 4.69) is 19.9 Å². The van der Waals surface area contributed by atoms with Gasteiger partial charge in [-0.2, -0.15) is 0 Å². The van der Waals surface area contributed by atoms with Crippen LogP contribution in [-0.4, -0.2) is 24.8 Å². The summed E-state index contributed by atoms with van der Waals surface area (Å²) in [5, 5.41) is 0. The first-order chi connectivity index (χ1) is 12.4. The van der Waals surface area contributed by atoms with Gasteiger partial charge < -0.3 is 9.29 Å².